The van der Waals surface area contributed by atoms with Crippen LogP contribution in [0.4, 0.5) is 0 Å². The van der Waals surface area contributed by atoms with Gasteiger partial charge in [-0.3, -0.25) is 9.78 Å². The number of hydrogen-bond donors (Lipinski definition) is 1. The Morgan fingerprint density at radius 2 is 2.23 bits per heavy atom. The second-order valence-electron chi connectivity index (χ2n) is 2.44. The van der Waals surface area contributed by atoms with E-state index >= 15 is 0 Å². The first-order valence-corrected chi connectivity index (χ1v) is 4.55. The van der Waals surface area contributed by atoms with Crippen molar-refractivity contribution in [3.8, 4) is 0 Å². The van der Waals surface area contributed by atoms with Gasteiger partial charge in [0, 0.05) is 19.4 Å². The maximum absolute atomic E-state index is 11.2. The fourth-order valence-corrected chi connectivity index (χ4v) is 1.91. The predicted molar refractivity (Wildman–Crippen MR) is 50.8 cm³/mol. The molecule has 0 unspecified atom stereocenters. The first kappa shape index (κ1) is 8.12. The summed E-state index contributed by atoms with van der Waals surface area (Å²) in [5, 5.41) is 2.56. The van der Waals surface area contributed by atoms with Crippen LogP contribution in [0, 0.1) is 0 Å². The third-order valence-corrected chi connectivity index (χ3v) is 2.65. The van der Waals surface area contributed by atoms with Crippen molar-refractivity contribution in [3.05, 3.63) is 23.3 Å². The lowest BCUT2D eigenvalue weighted by atomic mass is 10.4. The van der Waals surface area contributed by atoms with Gasteiger partial charge in [-0.2, -0.15) is 0 Å². The van der Waals surface area contributed by atoms with Crippen LogP contribution in [0.1, 0.15) is 9.67 Å². The van der Waals surface area contributed by atoms with Gasteiger partial charge >= 0.3 is 0 Å². The molecule has 66 valence electrons. The first-order chi connectivity index (χ1) is 6.31. The largest absolute Gasteiger partial charge is 0.354 e. The molecule has 0 saturated carbocycles. The van der Waals surface area contributed by atoms with E-state index in [-0.39, 0.29) is 5.91 Å². The smallest absolute Gasteiger partial charge is 0.261 e. The van der Waals surface area contributed by atoms with E-state index < -0.39 is 0 Å². The molecule has 0 aliphatic carbocycles. The summed E-state index contributed by atoms with van der Waals surface area (Å²) in [7, 11) is 1.60. The number of thiophene rings is 1. The van der Waals surface area contributed by atoms with Gasteiger partial charge in [0.1, 0.15) is 10.3 Å². The Bertz CT molecular complexity index is 418. The lowest BCUT2D eigenvalue weighted by Crippen LogP contribution is -2.15. The van der Waals surface area contributed by atoms with Crippen molar-refractivity contribution in [1.82, 2.24) is 15.3 Å². The number of carbonyl (C=O) groups is 1. The van der Waals surface area contributed by atoms with Gasteiger partial charge in [0.15, 0.2) is 0 Å². The normalized spacial score (nSPS) is 10.2. The average Bonchev–Trinajstić information content (AvgIpc) is 2.59. The zero-order chi connectivity index (χ0) is 9.26. The van der Waals surface area contributed by atoms with Gasteiger partial charge in [0.25, 0.3) is 5.91 Å². The molecule has 0 saturated heterocycles. The third kappa shape index (κ3) is 1.38. The lowest BCUT2D eigenvalue weighted by Gasteiger charge is -1.90. The van der Waals surface area contributed by atoms with Crippen LogP contribution >= 0.6 is 11.3 Å². The van der Waals surface area contributed by atoms with E-state index in [0.29, 0.717) is 4.88 Å². The summed E-state index contributed by atoms with van der Waals surface area (Å²) in [6.45, 7) is 0. The van der Waals surface area contributed by atoms with Crippen LogP contribution in [-0.2, 0) is 0 Å². The minimum Gasteiger partial charge on any atom is -0.354 e. The highest BCUT2D eigenvalue weighted by atomic mass is 32.1. The fraction of sp³-hybridized carbons (Fsp3) is 0.125. The molecule has 5 heteroatoms. The molecule has 2 rings (SSSR count). The van der Waals surface area contributed by atoms with Crippen LogP contribution in [0.15, 0.2) is 18.5 Å². The van der Waals surface area contributed by atoms with E-state index in [2.05, 4.69) is 15.3 Å². The highest BCUT2D eigenvalue weighted by Crippen LogP contribution is 2.20. The molecule has 0 bridgehead atoms. The summed E-state index contributed by atoms with van der Waals surface area (Å²) in [6.07, 6.45) is 3.23. The summed E-state index contributed by atoms with van der Waals surface area (Å²) in [5.41, 5.74) is 0.770. The zero-order valence-corrected chi connectivity index (χ0v) is 7.76. The van der Waals surface area contributed by atoms with Crippen LogP contribution in [0.3, 0.4) is 0 Å². The van der Waals surface area contributed by atoms with Crippen molar-refractivity contribution >= 4 is 27.6 Å². The maximum atomic E-state index is 11.2. The number of hydrogen-bond acceptors (Lipinski definition) is 4. The topological polar surface area (TPSA) is 54.9 Å². The summed E-state index contributed by atoms with van der Waals surface area (Å²) in [4.78, 5) is 20.8. The van der Waals surface area contributed by atoms with E-state index in [0.717, 1.165) is 10.3 Å². The SMILES string of the molecule is CNC(=O)c1cc2nccnc2s1. The highest BCUT2D eigenvalue weighted by Gasteiger charge is 2.08. The summed E-state index contributed by atoms with van der Waals surface area (Å²) in [6, 6.07) is 1.74. The predicted octanol–water partition coefficient (Wildman–Crippen LogP) is 1.05. The van der Waals surface area contributed by atoms with E-state index in [4.69, 9.17) is 0 Å². The van der Waals surface area contributed by atoms with Crippen LogP contribution in [0.25, 0.3) is 10.3 Å². The molecule has 0 spiro atoms. The average molecular weight is 193 g/mol. The Morgan fingerprint density at radius 3 is 2.92 bits per heavy atom. The quantitative estimate of drug-likeness (QED) is 0.736. The number of rotatable bonds is 1. The van der Waals surface area contributed by atoms with E-state index in [1.165, 1.54) is 11.3 Å². The van der Waals surface area contributed by atoms with Crippen LogP contribution in [-0.4, -0.2) is 22.9 Å². The minimum absolute atomic E-state index is 0.0928. The van der Waals surface area contributed by atoms with Gasteiger partial charge < -0.3 is 5.32 Å². The van der Waals surface area contributed by atoms with Gasteiger partial charge in [0.05, 0.1) is 4.88 Å². The number of fused-ring (bicyclic) bond motifs is 1. The molecule has 0 aliphatic rings. The summed E-state index contributed by atoms with van der Waals surface area (Å²) >= 11 is 1.34. The highest BCUT2D eigenvalue weighted by molar-refractivity contribution is 7.20. The number of carbonyl (C=O) groups excluding carboxylic acids is 1. The van der Waals surface area contributed by atoms with Crippen LogP contribution in [0.2, 0.25) is 0 Å². The molecule has 13 heavy (non-hydrogen) atoms. The van der Waals surface area contributed by atoms with Gasteiger partial charge in [-0.05, 0) is 6.07 Å². The molecule has 0 fully saturated rings. The molecule has 2 aromatic rings. The van der Waals surface area contributed by atoms with Gasteiger partial charge in [-0.15, -0.1) is 11.3 Å². The molecule has 0 radical (unpaired) electrons. The summed E-state index contributed by atoms with van der Waals surface area (Å²) in [5.74, 6) is -0.0928. The molecule has 4 nitrogen and oxygen atoms in total. The molecule has 1 N–H and O–H groups in total. The Kier molecular flexibility index (Phi) is 1.94. The second kappa shape index (κ2) is 3.10. The van der Waals surface area contributed by atoms with E-state index in [1.54, 1.807) is 25.5 Å². The van der Waals surface area contributed by atoms with Gasteiger partial charge in [-0.1, -0.05) is 0 Å². The second-order valence-corrected chi connectivity index (χ2v) is 3.47. The Balaban J connectivity index is 2.56. The van der Waals surface area contributed by atoms with E-state index in [9.17, 15) is 4.79 Å². The molecule has 0 aliphatic heterocycles. The first-order valence-electron chi connectivity index (χ1n) is 3.74. The monoisotopic (exact) mass is 193 g/mol. The molecular formula is C8H7N3OS. The number of aromatic nitrogens is 2. The van der Waals surface area contributed by atoms with Crippen LogP contribution in [0.5, 0.6) is 0 Å². The number of amides is 1. The van der Waals surface area contributed by atoms with Crippen molar-refractivity contribution < 1.29 is 4.79 Å². The van der Waals surface area contributed by atoms with Crippen molar-refractivity contribution in [2.45, 2.75) is 0 Å². The number of nitrogens with one attached hydrogen (secondary N) is 1. The lowest BCUT2D eigenvalue weighted by molar-refractivity contribution is 0.0967. The zero-order valence-electron chi connectivity index (χ0n) is 6.94. The summed E-state index contributed by atoms with van der Waals surface area (Å²) < 4.78 is 0. The molecule has 2 heterocycles. The number of nitrogens with zero attached hydrogens (tertiary/aromatic N) is 2. The molecule has 2 aromatic heterocycles. The fourth-order valence-electron chi connectivity index (χ4n) is 1.01. The van der Waals surface area contributed by atoms with Crippen molar-refractivity contribution in [1.29, 1.82) is 0 Å². The Morgan fingerprint density at radius 1 is 1.46 bits per heavy atom. The third-order valence-electron chi connectivity index (χ3n) is 1.62. The van der Waals surface area contributed by atoms with Gasteiger partial charge in [-0.25, -0.2) is 4.98 Å². The maximum Gasteiger partial charge on any atom is 0.261 e. The molecule has 1 amide bonds. The Hall–Kier alpha value is -1.49. The van der Waals surface area contributed by atoms with Crippen LogP contribution < -0.4 is 5.32 Å². The van der Waals surface area contributed by atoms with Crippen molar-refractivity contribution in [2.24, 2.45) is 0 Å². The van der Waals surface area contributed by atoms with E-state index in [1.807, 2.05) is 0 Å². The molecule has 0 atom stereocenters. The van der Waals surface area contributed by atoms with Crippen molar-refractivity contribution in [3.63, 3.8) is 0 Å². The Labute approximate surface area is 78.6 Å². The van der Waals surface area contributed by atoms with Crippen molar-refractivity contribution in [2.75, 3.05) is 7.05 Å². The molecular weight excluding hydrogens is 186 g/mol. The van der Waals surface area contributed by atoms with Gasteiger partial charge in [0.2, 0.25) is 0 Å². The molecule has 0 aromatic carbocycles. The minimum atomic E-state index is -0.0928. The standard InChI is InChI=1S/C8H7N3OS/c1-9-7(12)6-4-5-8(13-6)11-3-2-10-5/h2-4H,1H3,(H,9,12).